The Morgan fingerprint density at radius 3 is 2.81 bits per heavy atom. The number of amidine groups is 1. The predicted molar refractivity (Wildman–Crippen MR) is 152 cm³/mol. The van der Waals surface area contributed by atoms with E-state index in [1.165, 1.54) is 23.8 Å². The Kier molecular flexibility index (Phi) is 9.24. The number of hydrogen-bond donors (Lipinski definition) is 1. The number of allylic oxidation sites excluding steroid dienone is 2. The number of ether oxygens (including phenoxy) is 1. The van der Waals surface area contributed by atoms with Gasteiger partial charge in [0.2, 0.25) is 11.8 Å². The van der Waals surface area contributed by atoms with Gasteiger partial charge in [0.1, 0.15) is 0 Å². The minimum absolute atomic E-state index is 0.00695. The SMILES string of the molecule is C=C(CC(SC1=Nc2ccc(Cl)cc2C(=C2CCC2)N1C)C(=O)N1CCC(C(=O)NC)C1)OCCCC. The molecule has 3 aliphatic rings. The molecule has 2 fully saturated rings. The molecule has 2 aliphatic heterocycles. The quantitative estimate of drug-likeness (QED) is 0.324. The number of fused-ring (bicyclic) bond motifs is 1. The van der Waals surface area contributed by atoms with E-state index in [4.69, 9.17) is 21.3 Å². The van der Waals surface area contributed by atoms with Gasteiger partial charge in [-0.15, -0.1) is 0 Å². The minimum Gasteiger partial charge on any atom is -0.499 e. The Hall–Kier alpha value is -2.45. The topological polar surface area (TPSA) is 74.2 Å². The van der Waals surface area contributed by atoms with Crippen LogP contribution in [0.15, 0.2) is 41.1 Å². The number of halogens is 1. The van der Waals surface area contributed by atoms with E-state index in [1.807, 2.05) is 25.2 Å². The molecule has 1 aromatic rings. The Morgan fingerprint density at radius 2 is 2.14 bits per heavy atom. The molecular weight excluding hydrogens is 508 g/mol. The molecule has 1 saturated heterocycles. The highest BCUT2D eigenvalue weighted by atomic mass is 35.5. The van der Waals surface area contributed by atoms with Gasteiger partial charge < -0.3 is 19.9 Å². The lowest BCUT2D eigenvalue weighted by molar-refractivity contribution is -0.130. The van der Waals surface area contributed by atoms with Gasteiger partial charge in [-0.2, -0.15) is 0 Å². The first-order valence-corrected chi connectivity index (χ1v) is 14.4. The van der Waals surface area contributed by atoms with Gasteiger partial charge in [0.25, 0.3) is 0 Å². The lowest BCUT2D eigenvalue weighted by atomic mass is 9.87. The van der Waals surface area contributed by atoms with E-state index in [2.05, 4.69) is 23.7 Å². The molecule has 7 nitrogen and oxygen atoms in total. The number of unbranched alkanes of at least 4 members (excludes halogenated alkanes) is 1. The molecule has 0 bridgehead atoms. The Balaban J connectivity index is 1.59. The van der Waals surface area contributed by atoms with Crippen LogP contribution in [-0.2, 0) is 14.3 Å². The number of nitrogens with one attached hydrogen (secondary N) is 1. The summed E-state index contributed by atoms with van der Waals surface area (Å²) in [7, 11) is 3.65. The molecule has 2 unspecified atom stereocenters. The van der Waals surface area contributed by atoms with E-state index < -0.39 is 5.25 Å². The van der Waals surface area contributed by atoms with Gasteiger partial charge in [-0.3, -0.25) is 9.59 Å². The third kappa shape index (κ3) is 6.34. The van der Waals surface area contributed by atoms with Crippen LogP contribution in [0.4, 0.5) is 5.69 Å². The summed E-state index contributed by atoms with van der Waals surface area (Å²) >= 11 is 7.80. The van der Waals surface area contributed by atoms with Gasteiger partial charge in [0, 0.05) is 44.2 Å². The zero-order valence-corrected chi connectivity index (χ0v) is 23.6. The second-order valence-corrected chi connectivity index (χ2v) is 11.5. The molecule has 2 amide bonds. The first kappa shape index (κ1) is 27.6. The van der Waals surface area contributed by atoms with Crippen molar-refractivity contribution in [3.05, 3.63) is 46.7 Å². The largest absolute Gasteiger partial charge is 0.499 e. The fourth-order valence-electron chi connectivity index (χ4n) is 4.89. The maximum Gasteiger partial charge on any atom is 0.236 e. The van der Waals surface area contributed by atoms with Crippen molar-refractivity contribution in [2.45, 2.75) is 57.1 Å². The lowest BCUT2D eigenvalue weighted by Crippen LogP contribution is -2.40. The molecule has 1 aromatic carbocycles. The number of benzene rings is 1. The van der Waals surface area contributed by atoms with E-state index in [0.717, 1.165) is 47.8 Å². The van der Waals surface area contributed by atoms with Gasteiger partial charge in [-0.1, -0.05) is 43.3 Å². The van der Waals surface area contributed by atoms with Gasteiger partial charge in [0.15, 0.2) is 5.17 Å². The number of amides is 2. The molecule has 1 saturated carbocycles. The van der Waals surface area contributed by atoms with Crippen LogP contribution >= 0.6 is 23.4 Å². The number of carbonyl (C=O) groups is 2. The summed E-state index contributed by atoms with van der Waals surface area (Å²) < 4.78 is 5.85. The average molecular weight is 545 g/mol. The normalized spacial score (nSPS) is 19.7. The molecule has 2 atom stereocenters. The van der Waals surface area contributed by atoms with Crippen LogP contribution in [0.2, 0.25) is 5.02 Å². The van der Waals surface area contributed by atoms with Crippen molar-refractivity contribution in [1.29, 1.82) is 0 Å². The first-order chi connectivity index (χ1) is 17.8. The summed E-state index contributed by atoms with van der Waals surface area (Å²) in [6.45, 7) is 7.80. The number of rotatable bonds is 9. The van der Waals surface area contributed by atoms with E-state index in [0.29, 0.717) is 43.3 Å². The number of hydrogen-bond acceptors (Lipinski definition) is 6. The van der Waals surface area contributed by atoms with Crippen molar-refractivity contribution in [1.82, 2.24) is 15.1 Å². The van der Waals surface area contributed by atoms with Crippen LogP contribution in [0, 0.1) is 5.92 Å². The van der Waals surface area contributed by atoms with Crippen LogP contribution in [0.1, 0.15) is 57.4 Å². The molecule has 2 heterocycles. The molecule has 0 aromatic heterocycles. The fraction of sp³-hybridized carbons (Fsp3) is 0.536. The second kappa shape index (κ2) is 12.4. The van der Waals surface area contributed by atoms with Gasteiger partial charge in [-0.25, -0.2) is 4.99 Å². The Labute approximate surface area is 229 Å². The zero-order valence-electron chi connectivity index (χ0n) is 22.0. The van der Waals surface area contributed by atoms with Gasteiger partial charge >= 0.3 is 0 Å². The van der Waals surface area contributed by atoms with E-state index in [1.54, 1.807) is 11.9 Å². The standard InChI is InChI=1S/C28H37ClN4O3S/c1-5-6-14-36-18(2)15-24(27(35)33-13-12-20(17-33)26(34)30-3)37-28-31-23-11-10-21(29)16-22(23)25(32(28)4)19-8-7-9-19/h10-11,16,20,24H,2,5-9,12-15,17H2,1,3-4H3,(H,30,34). The number of aliphatic imine (C=N–C) groups is 1. The zero-order chi connectivity index (χ0) is 26.5. The van der Waals surface area contributed by atoms with Gasteiger partial charge in [0.05, 0.1) is 34.9 Å². The summed E-state index contributed by atoms with van der Waals surface area (Å²) in [5.74, 6) is 0.401. The summed E-state index contributed by atoms with van der Waals surface area (Å²) in [5.41, 5.74) is 4.44. The number of carbonyl (C=O) groups excluding carboxylic acids is 2. The third-order valence-corrected chi connectivity index (χ3v) is 8.67. The average Bonchev–Trinajstić information content (AvgIpc) is 3.35. The summed E-state index contributed by atoms with van der Waals surface area (Å²) in [6.07, 6.45) is 6.32. The second-order valence-electron chi connectivity index (χ2n) is 9.86. The minimum atomic E-state index is -0.458. The lowest BCUT2D eigenvalue weighted by Gasteiger charge is -2.35. The van der Waals surface area contributed by atoms with Gasteiger partial charge in [-0.05, 0) is 55.9 Å². The Bertz CT molecular complexity index is 1110. The fourth-order valence-corrected chi connectivity index (χ4v) is 6.23. The number of likely N-dealkylation sites (tertiary alicyclic amines) is 1. The van der Waals surface area contributed by atoms with Crippen LogP contribution in [0.25, 0.3) is 5.70 Å². The summed E-state index contributed by atoms with van der Waals surface area (Å²) in [6, 6.07) is 5.78. The van der Waals surface area contributed by atoms with Crippen LogP contribution in [0.3, 0.4) is 0 Å². The summed E-state index contributed by atoms with van der Waals surface area (Å²) in [5, 5.41) is 3.71. The van der Waals surface area contributed by atoms with Crippen LogP contribution in [-0.4, -0.2) is 65.8 Å². The molecule has 9 heteroatoms. The third-order valence-electron chi connectivity index (χ3n) is 7.20. The molecule has 4 rings (SSSR count). The number of thioether (sulfide) groups is 1. The summed E-state index contributed by atoms with van der Waals surface area (Å²) in [4.78, 5) is 34.8. The van der Waals surface area contributed by atoms with Crippen molar-refractivity contribution in [2.75, 3.05) is 33.8 Å². The molecule has 37 heavy (non-hydrogen) atoms. The highest BCUT2D eigenvalue weighted by molar-refractivity contribution is 8.14. The van der Waals surface area contributed by atoms with Crippen LogP contribution < -0.4 is 5.32 Å². The highest BCUT2D eigenvalue weighted by Gasteiger charge is 2.37. The molecule has 1 N–H and O–H groups in total. The molecule has 200 valence electrons. The van der Waals surface area contributed by atoms with Crippen molar-refractivity contribution in [2.24, 2.45) is 10.9 Å². The Morgan fingerprint density at radius 1 is 1.35 bits per heavy atom. The highest BCUT2D eigenvalue weighted by Crippen LogP contribution is 2.44. The van der Waals surface area contributed by atoms with Crippen molar-refractivity contribution < 1.29 is 14.3 Å². The van der Waals surface area contributed by atoms with Crippen molar-refractivity contribution in [3.8, 4) is 0 Å². The van der Waals surface area contributed by atoms with E-state index in [-0.39, 0.29) is 17.7 Å². The molecule has 0 spiro atoms. The molecular formula is C28H37ClN4O3S. The van der Waals surface area contributed by atoms with Crippen molar-refractivity contribution in [3.63, 3.8) is 0 Å². The van der Waals surface area contributed by atoms with Crippen molar-refractivity contribution >= 4 is 51.7 Å². The maximum absolute atomic E-state index is 13.8. The predicted octanol–water partition coefficient (Wildman–Crippen LogP) is 5.58. The smallest absolute Gasteiger partial charge is 0.236 e. The first-order valence-electron chi connectivity index (χ1n) is 13.1. The van der Waals surface area contributed by atoms with Crippen LogP contribution in [0.5, 0.6) is 0 Å². The monoisotopic (exact) mass is 544 g/mol. The maximum atomic E-state index is 13.8. The number of nitrogens with zero attached hydrogens (tertiary/aromatic N) is 3. The molecule has 0 radical (unpaired) electrons. The molecule has 1 aliphatic carbocycles. The van der Waals surface area contributed by atoms with E-state index in [9.17, 15) is 9.59 Å². The van der Waals surface area contributed by atoms with E-state index >= 15 is 0 Å².